The molecule has 2 rings (SSSR count). The van der Waals surface area contributed by atoms with E-state index >= 15 is 0 Å². The number of rotatable bonds is 3. The molecule has 2 aromatic rings. The molecule has 4 N–H and O–H groups in total. The first kappa shape index (κ1) is 14.8. The molecule has 0 spiro atoms. The van der Waals surface area contributed by atoms with Crippen LogP contribution in [0.1, 0.15) is 17.3 Å². The van der Waals surface area contributed by atoms with Crippen LogP contribution < -0.4 is 16.4 Å². The number of carbonyl (C=O) groups is 2. The minimum absolute atomic E-state index is 0.161. The van der Waals surface area contributed by atoms with Gasteiger partial charge in [0.15, 0.2) is 0 Å². The van der Waals surface area contributed by atoms with Crippen molar-refractivity contribution in [2.75, 3.05) is 16.4 Å². The highest BCUT2D eigenvalue weighted by Crippen LogP contribution is 2.18. The average molecular weight is 305 g/mol. The topological polar surface area (TPSA) is 97.1 Å². The molecule has 1 heterocycles. The maximum absolute atomic E-state index is 12.1. The van der Waals surface area contributed by atoms with Gasteiger partial charge in [-0.05, 0) is 30.3 Å². The van der Waals surface area contributed by atoms with Gasteiger partial charge in [0.25, 0.3) is 5.91 Å². The van der Waals surface area contributed by atoms with Crippen molar-refractivity contribution in [3.63, 3.8) is 0 Å². The molecule has 0 aliphatic carbocycles. The number of hydrogen-bond acceptors (Lipinski definition) is 4. The number of aromatic nitrogens is 1. The number of pyridine rings is 1. The zero-order valence-corrected chi connectivity index (χ0v) is 11.9. The van der Waals surface area contributed by atoms with E-state index in [1.165, 1.54) is 19.2 Å². The molecule has 6 nitrogen and oxygen atoms in total. The fraction of sp³-hybridized carbons (Fsp3) is 0.0714. The van der Waals surface area contributed by atoms with Crippen molar-refractivity contribution >= 4 is 40.5 Å². The Morgan fingerprint density at radius 1 is 1.14 bits per heavy atom. The summed E-state index contributed by atoms with van der Waals surface area (Å²) >= 11 is 5.75. The molecule has 0 unspecified atom stereocenters. The second-order valence-electron chi connectivity index (χ2n) is 4.31. The molecule has 0 atom stereocenters. The molecular weight excluding hydrogens is 292 g/mol. The normalized spacial score (nSPS) is 10.0. The monoisotopic (exact) mass is 304 g/mol. The number of benzene rings is 1. The van der Waals surface area contributed by atoms with Gasteiger partial charge in [-0.25, -0.2) is 4.98 Å². The number of nitrogens with zero attached hydrogens (tertiary/aromatic N) is 1. The molecule has 7 heteroatoms. The number of halogens is 1. The van der Waals surface area contributed by atoms with E-state index in [0.717, 1.165) is 0 Å². The highest BCUT2D eigenvalue weighted by Gasteiger charge is 2.11. The number of carbonyl (C=O) groups excluding carboxylic acids is 2. The van der Waals surface area contributed by atoms with E-state index < -0.39 is 0 Å². The number of nitrogen functional groups attached to an aromatic ring is 1. The second-order valence-corrected chi connectivity index (χ2v) is 4.69. The molecule has 0 aliphatic rings. The lowest BCUT2D eigenvalue weighted by Crippen LogP contribution is -2.14. The number of nitrogens with one attached hydrogen (secondary N) is 2. The Bertz CT molecular complexity index is 686. The van der Waals surface area contributed by atoms with E-state index in [4.69, 9.17) is 17.3 Å². The summed E-state index contributed by atoms with van der Waals surface area (Å²) in [5.41, 5.74) is 7.40. The largest absolute Gasteiger partial charge is 0.397 e. The molecule has 0 aliphatic heterocycles. The molecule has 1 aromatic carbocycles. The van der Waals surface area contributed by atoms with Gasteiger partial charge < -0.3 is 16.4 Å². The van der Waals surface area contributed by atoms with Crippen LogP contribution in [0.2, 0.25) is 5.15 Å². The number of nitrogens with two attached hydrogens (primary N) is 1. The summed E-state index contributed by atoms with van der Waals surface area (Å²) in [7, 11) is 0. The SMILES string of the molecule is CC(=O)Nc1ccc(NC(=O)c2cc(Cl)ncc2N)cc1. The van der Waals surface area contributed by atoms with Gasteiger partial charge in [-0.15, -0.1) is 0 Å². The standard InChI is InChI=1S/C14H13ClN4O2/c1-8(20)18-9-2-4-10(5-3-9)19-14(21)11-6-13(15)17-7-12(11)16/h2-7H,16H2,1H3,(H,18,20)(H,19,21). The molecule has 0 saturated carbocycles. The van der Waals surface area contributed by atoms with E-state index in [9.17, 15) is 9.59 Å². The number of anilines is 3. The summed E-state index contributed by atoms with van der Waals surface area (Å²) in [6.07, 6.45) is 1.33. The molecule has 108 valence electrons. The summed E-state index contributed by atoms with van der Waals surface area (Å²) in [6.45, 7) is 1.42. The lowest BCUT2D eigenvalue weighted by atomic mass is 10.2. The predicted octanol–water partition coefficient (Wildman–Crippen LogP) is 2.53. The fourth-order valence-electron chi connectivity index (χ4n) is 1.68. The van der Waals surface area contributed by atoms with E-state index in [1.54, 1.807) is 24.3 Å². The first-order valence-electron chi connectivity index (χ1n) is 6.06. The van der Waals surface area contributed by atoms with Crippen LogP contribution in [0.15, 0.2) is 36.5 Å². The Labute approximate surface area is 126 Å². The van der Waals surface area contributed by atoms with Crippen molar-refractivity contribution < 1.29 is 9.59 Å². The Morgan fingerprint density at radius 2 is 1.71 bits per heavy atom. The van der Waals surface area contributed by atoms with Crippen molar-refractivity contribution in [1.82, 2.24) is 4.98 Å². The fourth-order valence-corrected chi connectivity index (χ4v) is 1.83. The third kappa shape index (κ3) is 3.93. The Kier molecular flexibility index (Phi) is 4.39. The van der Waals surface area contributed by atoms with Gasteiger partial charge in [-0.2, -0.15) is 0 Å². The van der Waals surface area contributed by atoms with Crippen LogP contribution in [0.5, 0.6) is 0 Å². The maximum atomic E-state index is 12.1. The van der Waals surface area contributed by atoms with Gasteiger partial charge in [0, 0.05) is 18.3 Å². The summed E-state index contributed by atoms with van der Waals surface area (Å²) in [6, 6.07) is 8.10. The summed E-state index contributed by atoms with van der Waals surface area (Å²) in [4.78, 5) is 26.8. The second kappa shape index (κ2) is 6.23. The minimum atomic E-state index is -0.385. The van der Waals surface area contributed by atoms with Gasteiger partial charge in [-0.3, -0.25) is 9.59 Å². The molecule has 0 fully saturated rings. The van der Waals surface area contributed by atoms with Crippen molar-refractivity contribution in [1.29, 1.82) is 0 Å². The van der Waals surface area contributed by atoms with Crippen LogP contribution in [-0.4, -0.2) is 16.8 Å². The first-order valence-corrected chi connectivity index (χ1v) is 6.43. The Hall–Kier alpha value is -2.60. The lowest BCUT2D eigenvalue weighted by Gasteiger charge is -2.08. The van der Waals surface area contributed by atoms with E-state index in [2.05, 4.69) is 15.6 Å². The summed E-state index contributed by atoms with van der Waals surface area (Å²) in [5, 5.41) is 5.52. The quantitative estimate of drug-likeness (QED) is 0.759. The smallest absolute Gasteiger partial charge is 0.257 e. The minimum Gasteiger partial charge on any atom is -0.397 e. The Balaban J connectivity index is 2.12. The van der Waals surface area contributed by atoms with Crippen LogP contribution in [0.25, 0.3) is 0 Å². The van der Waals surface area contributed by atoms with Crippen LogP contribution in [-0.2, 0) is 4.79 Å². The predicted molar refractivity (Wildman–Crippen MR) is 82.4 cm³/mol. The van der Waals surface area contributed by atoms with Gasteiger partial charge in [0.05, 0.1) is 17.4 Å². The number of amides is 2. The van der Waals surface area contributed by atoms with Crippen LogP contribution in [0.4, 0.5) is 17.1 Å². The zero-order chi connectivity index (χ0) is 15.4. The molecule has 0 bridgehead atoms. The van der Waals surface area contributed by atoms with Gasteiger partial charge in [0.2, 0.25) is 5.91 Å². The van der Waals surface area contributed by atoms with Crippen LogP contribution >= 0.6 is 11.6 Å². The maximum Gasteiger partial charge on any atom is 0.257 e. The first-order chi connectivity index (χ1) is 9.95. The van der Waals surface area contributed by atoms with Crippen molar-refractivity contribution in [3.8, 4) is 0 Å². The Morgan fingerprint density at radius 3 is 2.29 bits per heavy atom. The lowest BCUT2D eigenvalue weighted by molar-refractivity contribution is -0.114. The summed E-state index contributed by atoms with van der Waals surface area (Å²) < 4.78 is 0. The average Bonchev–Trinajstić information content (AvgIpc) is 2.43. The third-order valence-electron chi connectivity index (χ3n) is 2.61. The van der Waals surface area contributed by atoms with Gasteiger partial charge in [-0.1, -0.05) is 11.6 Å². The van der Waals surface area contributed by atoms with Crippen molar-refractivity contribution in [3.05, 3.63) is 47.2 Å². The van der Waals surface area contributed by atoms with E-state index in [1.807, 2.05) is 0 Å². The molecule has 1 aromatic heterocycles. The van der Waals surface area contributed by atoms with Crippen LogP contribution in [0.3, 0.4) is 0 Å². The van der Waals surface area contributed by atoms with E-state index in [-0.39, 0.29) is 28.2 Å². The van der Waals surface area contributed by atoms with E-state index in [0.29, 0.717) is 11.4 Å². The third-order valence-corrected chi connectivity index (χ3v) is 2.82. The molecular formula is C14H13ClN4O2. The van der Waals surface area contributed by atoms with Crippen LogP contribution in [0, 0.1) is 0 Å². The molecule has 0 saturated heterocycles. The summed E-state index contributed by atoms with van der Waals surface area (Å²) in [5.74, 6) is -0.546. The molecule has 2 amide bonds. The number of hydrogen-bond donors (Lipinski definition) is 3. The zero-order valence-electron chi connectivity index (χ0n) is 11.2. The molecule has 0 radical (unpaired) electrons. The molecule has 21 heavy (non-hydrogen) atoms. The van der Waals surface area contributed by atoms with Gasteiger partial charge >= 0.3 is 0 Å². The van der Waals surface area contributed by atoms with Crippen molar-refractivity contribution in [2.45, 2.75) is 6.92 Å². The van der Waals surface area contributed by atoms with Crippen molar-refractivity contribution in [2.24, 2.45) is 0 Å². The highest BCUT2D eigenvalue weighted by atomic mass is 35.5. The highest BCUT2D eigenvalue weighted by molar-refractivity contribution is 6.30. The van der Waals surface area contributed by atoms with Gasteiger partial charge in [0.1, 0.15) is 5.15 Å².